The molecule has 0 aliphatic heterocycles. The molecular formula is C10H9BrN2. The summed E-state index contributed by atoms with van der Waals surface area (Å²) in [6.45, 7) is 0. The molecule has 0 atom stereocenters. The first-order valence-electron chi connectivity index (χ1n) is 4.00. The van der Waals surface area contributed by atoms with Crippen LogP contribution in [-0.2, 0) is 5.33 Å². The number of pyridine rings is 1. The summed E-state index contributed by atoms with van der Waals surface area (Å²) in [5.41, 5.74) is 6.82. The average Bonchev–Trinajstić information content (AvgIpc) is 2.17. The van der Waals surface area contributed by atoms with Crippen molar-refractivity contribution >= 4 is 32.5 Å². The normalized spacial score (nSPS) is 10.5. The van der Waals surface area contributed by atoms with E-state index in [1.165, 1.54) is 5.56 Å². The summed E-state index contributed by atoms with van der Waals surface area (Å²) in [4.78, 5) is 4.05. The number of hydrogen-bond acceptors (Lipinski definition) is 2. The number of fused-ring (bicyclic) bond motifs is 1. The van der Waals surface area contributed by atoms with Crippen molar-refractivity contribution in [1.82, 2.24) is 4.98 Å². The smallest absolute Gasteiger partial charge is 0.123 e. The minimum absolute atomic E-state index is 0.569. The van der Waals surface area contributed by atoms with Crippen molar-refractivity contribution in [3.8, 4) is 0 Å². The second kappa shape index (κ2) is 3.34. The van der Waals surface area contributed by atoms with E-state index >= 15 is 0 Å². The lowest BCUT2D eigenvalue weighted by Gasteiger charge is -2.00. The van der Waals surface area contributed by atoms with Crippen molar-refractivity contribution < 1.29 is 0 Å². The fourth-order valence-electron chi connectivity index (χ4n) is 1.29. The van der Waals surface area contributed by atoms with Crippen LogP contribution in [0.2, 0.25) is 0 Å². The van der Waals surface area contributed by atoms with Crippen LogP contribution in [0.1, 0.15) is 5.56 Å². The molecule has 2 rings (SSSR count). The molecule has 13 heavy (non-hydrogen) atoms. The molecule has 0 aliphatic carbocycles. The maximum absolute atomic E-state index is 5.57. The Labute approximate surface area is 84.9 Å². The molecule has 0 aliphatic rings. The van der Waals surface area contributed by atoms with Gasteiger partial charge in [0.15, 0.2) is 0 Å². The largest absolute Gasteiger partial charge is 0.384 e. The molecule has 0 amide bonds. The van der Waals surface area contributed by atoms with Gasteiger partial charge in [-0.1, -0.05) is 28.1 Å². The number of benzene rings is 1. The van der Waals surface area contributed by atoms with Crippen LogP contribution < -0.4 is 5.73 Å². The van der Waals surface area contributed by atoms with Gasteiger partial charge in [0, 0.05) is 16.9 Å². The van der Waals surface area contributed by atoms with E-state index in [1.807, 2.05) is 6.07 Å². The predicted molar refractivity (Wildman–Crippen MR) is 58.8 cm³/mol. The Morgan fingerprint density at radius 2 is 2.08 bits per heavy atom. The van der Waals surface area contributed by atoms with Gasteiger partial charge in [0.2, 0.25) is 0 Å². The van der Waals surface area contributed by atoms with Gasteiger partial charge in [0.25, 0.3) is 0 Å². The maximum atomic E-state index is 5.57. The van der Waals surface area contributed by atoms with Crippen molar-refractivity contribution in [2.75, 3.05) is 5.73 Å². The Balaban J connectivity index is 2.66. The molecule has 0 spiro atoms. The number of nitrogens with two attached hydrogens (primary N) is 1. The third kappa shape index (κ3) is 1.65. The summed E-state index contributed by atoms with van der Waals surface area (Å²) in [6, 6.07) is 8.13. The van der Waals surface area contributed by atoms with Crippen LogP contribution in [0.25, 0.3) is 10.8 Å². The molecule has 1 heterocycles. The lowest BCUT2D eigenvalue weighted by atomic mass is 10.1. The Bertz CT molecular complexity index is 440. The third-order valence-electron chi connectivity index (χ3n) is 1.96. The van der Waals surface area contributed by atoms with E-state index < -0.39 is 0 Å². The van der Waals surface area contributed by atoms with Crippen molar-refractivity contribution in [3.63, 3.8) is 0 Å². The van der Waals surface area contributed by atoms with E-state index in [0.717, 1.165) is 16.1 Å². The highest BCUT2D eigenvalue weighted by atomic mass is 79.9. The van der Waals surface area contributed by atoms with Crippen LogP contribution in [0.3, 0.4) is 0 Å². The van der Waals surface area contributed by atoms with Crippen LogP contribution in [0.4, 0.5) is 5.82 Å². The summed E-state index contributed by atoms with van der Waals surface area (Å²) in [5, 5.41) is 3.14. The number of hydrogen-bond donors (Lipinski definition) is 1. The van der Waals surface area contributed by atoms with Crippen molar-refractivity contribution in [1.29, 1.82) is 0 Å². The van der Waals surface area contributed by atoms with E-state index in [-0.39, 0.29) is 0 Å². The van der Waals surface area contributed by atoms with Gasteiger partial charge in [-0.25, -0.2) is 4.98 Å². The summed E-state index contributed by atoms with van der Waals surface area (Å²) in [5.74, 6) is 0.569. The fourth-order valence-corrected chi connectivity index (χ4v) is 1.64. The molecule has 2 aromatic rings. The number of anilines is 1. The number of aromatic nitrogens is 1. The molecule has 1 aromatic carbocycles. The summed E-state index contributed by atoms with van der Waals surface area (Å²) in [6.07, 6.45) is 1.80. The summed E-state index contributed by atoms with van der Waals surface area (Å²) in [7, 11) is 0. The van der Waals surface area contributed by atoms with Crippen molar-refractivity contribution in [2.45, 2.75) is 5.33 Å². The Kier molecular flexibility index (Phi) is 2.19. The van der Waals surface area contributed by atoms with Crippen LogP contribution in [0.5, 0.6) is 0 Å². The van der Waals surface area contributed by atoms with Gasteiger partial charge in [-0.05, 0) is 23.1 Å². The highest BCUT2D eigenvalue weighted by Crippen LogP contribution is 2.18. The number of halogens is 1. The van der Waals surface area contributed by atoms with Gasteiger partial charge in [0.1, 0.15) is 5.82 Å². The molecule has 0 saturated heterocycles. The molecule has 0 bridgehead atoms. The number of alkyl halides is 1. The molecular weight excluding hydrogens is 228 g/mol. The minimum Gasteiger partial charge on any atom is -0.384 e. The first kappa shape index (κ1) is 8.51. The molecule has 1 aromatic heterocycles. The zero-order valence-corrected chi connectivity index (χ0v) is 8.58. The second-order valence-electron chi connectivity index (χ2n) is 2.92. The first-order valence-corrected chi connectivity index (χ1v) is 5.12. The van der Waals surface area contributed by atoms with E-state index in [4.69, 9.17) is 5.73 Å². The van der Waals surface area contributed by atoms with Crippen LogP contribution in [0.15, 0.2) is 30.5 Å². The standard InChI is InChI=1S/C10H9BrN2/c11-5-7-1-2-8-4-10(12)13-6-9(8)3-7/h1-4,6H,5H2,(H2,12,13). The molecule has 0 fully saturated rings. The van der Waals surface area contributed by atoms with Gasteiger partial charge in [-0.3, -0.25) is 0 Å². The quantitative estimate of drug-likeness (QED) is 0.774. The Morgan fingerprint density at radius 1 is 1.23 bits per heavy atom. The topological polar surface area (TPSA) is 38.9 Å². The third-order valence-corrected chi connectivity index (χ3v) is 2.61. The Hall–Kier alpha value is -1.09. The maximum Gasteiger partial charge on any atom is 0.123 e. The van der Waals surface area contributed by atoms with Crippen LogP contribution in [-0.4, -0.2) is 4.98 Å². The van der Waals surface area contributed by atoms with Gasteiger partial charge in [0.05, 0.1) is 0 Å². The fraction of sp³-hybridized carbons (Fsp3) is 0.100. The molecule has 0 radical (unpaired) electrons. The zero-order chi connectivity index (χ0) is 9.26. The van der Waals surface area contributed by atoms with Crippen molar-refractivity contribution in [2.24, 2.45) is 0 Å². The predicted octanol–water partition coefficient (Wildman–Crippen LogP) is 2.71. The lowest BCUT2D eigenvalue weighted by Crippen LogP contribution is -1.89. The molecule has 2 N–H and O–H groups in total. The first-order chi connectivity index (χ1) is 6.29. The SMILES string of the molecule is Nc1cc2ccc(CBr)cc2cn1. The van der Waals surface area contributed by atoms with Crippen LogP contribution >= 0.6 is 15.9 Å². The molecule has 0 unspecified atom stereocenters. The number of rotatable bonds is 1. The summed E-state index contributed by atoms with van der Waals surface area (Å²) < 4.78 is 0. The van der Waals surface area contributed by atoms with E-state index in [1.54, 1.807) is 6.20 Å². The average molecular weight is 237 g/mol. The van der Waals surface area contributed by atoms with Crippen molar-refractivity contribution in [3.05, 3.63) is 36.0 Å². The number of nitrogen functional groups attached to an aromatic ring is 1. The molecule has 0 saturated carbocycles. The number of nitrogens with zero attached hydrogens (tertiary/aromatic N) is 1. The molecule has 2 nitrogen and oxygen atoms in total. The molecule has 66 valence electrons. The Morgan fingerprint density at radius 3 is 2.85 bits per heavy atom. The second-order valence-corrected chi connectivity index (χ2v) is 3.49. The van der Waals surface area contributed by atoms with Gasteiger partial charge >= 0.3 is 0 Å². The monoisotopic (exact) mass is 236 g/mol. The summed E-state index contributed by atoms with van der Waals surface area (Å²) >= 11 is 3.41. The molecule has 3 heteroatoms. The minimum atomic E-state index is 0.569. The van der Waals surface area contributed by atoms with E-state index in [0.29, 0.717) is 5.82 Å². The van der Waals surface area contributed by atoms with Crippen LogP contribution in [0, 0.1) is 0 Å². The van der Waals surface area contributed by atoms with E-state index in [9.17, 15) is 0 Å². The van der Waals surface area contributed by atoms with E-state index in [2.05, 4.69) is 39.1 Å². The highest BCUT2D eigenvalue weighted by molar-refractivity contribution is 9.08. The zero-order valence-electron chi connectivity index (χ0n) is 7.00. The van der Waals surface area contributed by atoms with Gasteiger partial charge in [-0.2, -0.15) is 0 Å². The highest BCUT2D eigenvalue weighted by Gasteiger charge is 1.96. The van der Waals surface area contributed by atoms with Gasteiger partial charge < -0.3 is 5.73 Å². The van der Waals surface area contributed by atoms with Gasteiger partial charge in [-0.15, -0.1) is 0 Å². The lowest BCUT2D eigenvalue weighted by molar-refractivity contribution is 1.36.